The van der Waals surface area contributed by atoms with Crippen LogP contribution in [-0.4, -0.2) is 9.97 Å². The highest BCUT2D eigenvalue weighted by atomic mass is 15.1. The molecule has 0 saturated carbocycles. The van der Waals surface area contributed by atoms with Crippen LogP contribution >= 0.6 is 0 Å². The molecule has 0 N–H and O–H groups in total. The van der Waals surface area contributed by atoms with Gasteiger partial charge in [0.15, 0.2) is 5.82 Å². The maximum atomic E-state index is 5.17. The third-order valence-electron chi connectivity index (χ3n) is 12.4. The summed E-state index contributed by atoms with van der Waals surface area (Å²) in [6.45, 7) is 4.70. The molecule has 0 radical (unpaired) electrons. The van der Waals surface area contributed by atoms with Gasteiger partial charge in [-0.3, -0.25) is 0 Å². The average molecular weight is 794 g/mol. The topological polar surface area (TPSA) is 29.0 Å². The van der Waals surface area contributed by atoms with Gasteiger partial charge < -0.3 is 4.90 Å². The quantitative estimate of drug-likeness (QED) is 0.153. The Kier molecular flexibility index (Phi) is 9.17. The Hall–Kier alpha value is -7.88. The summed E-state index contributed by atoms with van der Waals surface area (Å²) >= 11 is 0. The largest absolute Gasteiger partial charge is 0.310 e. The molecule has 1 aliphatic rings. The van der Waals surface area contributed by atoms with Crippen molar-refractivity contribution in [3.63, 3.8) is 0 Å². The van der Waals surface area contributed by atoms with Gasteiger partial charge in [0.1, 0.15) is 0 Å². The van der Waals surface area contributed by atoms with Crippen LogP contribution in [0.3, 0.4) is 0 Å². The Morgan fingerprint density at radius 1 is 0.371 bits per heavy atom. The molecule has 1 aromatic heterocycles. The van der Waals surface area contributed by atoms with Crippen LogP contribution in [0.4, 0.5) is 17.1 Å². The molecule has 0 spiro atoms. The highest BCUT2D eigenvalue weighted by Gasteiger charge is 2.37. The second-order valence-electron chi connectivity index (χ2n) is 16.6. The fourth-order valence-corrected chi connectivity index (χ4v) is 9.37. The minimum atomic E-state index is -0.121. The van der Waals surface area contributed by atoms with Gasteiger partial charge in [-0.15, -0.1) is 0 Å². The minimum Gasteiger partial charge on any atom is -0.310 e. The van der Waals surface area contributed by atoms with Crippen molar-refractivity contribution >= 4 is 28.0 Å². The van der Waals surface area contributed by atoms with Crippen LogP contribution in [0.2, 0.25) is 0 Å². The number of benzene rings is 9. The molecule has 9 aromatic carbocycles. The third-order valence-corrected chi connectivity index (χ3v) is 12.4. The van der Waals surface area contributed by atoms with Crippen molar-refractivity contribution in [2.24, 2.45) is 0 Å². The van der Waals surface area contributed by atoms with Gasteiger partial charge in [-0.2, -0.15) is 0 Å². The number of aromatic nitrogens is 2. The fraction of sp³-hybridized carbons (Fsp3) is 0.0508. The number of hydrogen-bond acceptors (Lipinski definition) is 3. The molecular weight excluding hydrogens is 751 g/mol. The number of hydrogen-bond donors (Lipinski definition) is 0. The maximum Gasteiger partial charge on any atom is 0.160 e. The molecule has 11 rings (SSSR count). The first-order valence-corrected chi connectivity index (χ1v) is 21.3. The molecule has 1 aliphatic carbocycles. The van der Waals surface area contributed by atoms with Gasteiger partial charge in [0.2, 0.25) is 0 Å². The Balaban J connectivity index is 1.01. The summed E-state index contributed by atoms with van der Waals surface area (Å²) in [5, 5.41) is 1.04. The zero-order valence-electron chi connectivity index (χ0n) is 34.7. The van der Waals surface area contributed by atoms with Gasteiger partial charge in [0.25, 0.3) is 0 Å². The number of anilines is 3. The summed E-state index contributed by atoms with van der Waals surface area (Å²) in [5.74, 6) is 0.711. The molecule has 0 fully saturated rings. The zero-order chi connectivity index (χ0) is 41.6. The normalized spacial score (nSPS) is 12.5. The molecule has 3 heteroatoms. The predicted octanol–water partition coefficient (Wildman–Crippen LogP) is 15.7. The molecule has 10 aromatic rings. The van der Waals surface area contributed by atoms with Crippen LogP contribution in [0.25, 0.3) is 78.1 Å². The Morgan fingerprint density at radius 3 is 1.55 bits per heavy atom. The third kappa shape index (κ3) is 6.56. The van der Waals surface area contributed by atoms with Gasteiger partial charge in [-0.05, 0) is 98.6 Å². The molecule has 0 bridgehead atoms. The van der Waals surface area contributed by atoms with Crippen LogP contribution in [0.15, 0.2) is 224 Å². The molecule has 62 heavy (non-hydrogen) atoms. The van der Waals surface area contributed by atoms with E-state index in [1.807, 2.05) is 12.1 Å². The molecule has 0 atom stereocenters. The van der Waals surface area contributed by atoms with E-state index in [2.05, 4.69) is 231 Å². The molecule has 294 valence electrons. The fourth-order valence-electron chi connectivity index (χ4n) is 9.37. The monoisotopic (exact) mass is 793 g/mol. The van der Waals surface area contributed by atoms with Gasteiger partial charge in [-0.1, -0.05) is 190 Å². The number of rotatable bonds is 8. The SMILES string of the molecule is CC1(C)c2ccccc2-c2c(N(c3cccc(-c4ccccc4)c3)c3cccc(-c4cccc(-c5cccc(-c6nc(-c7ccccc7)c7ccccc7n6)c5)c4)c3)cccc21. The van der Waals surface area contributed by atoms with Crippen molar-refractivity contribution in [2.45, 2.75) is 19.3 Å². The summed E-state index contributed by atoms with van der Waals surface area (Å²) < 4.78 is 0. The Morgan fingerprint density at radius 2 is 0.855 bits per heavy atom. The first kappa shape index (κ1) is 37.1. The Bertz CT molecular complexity index is 3280. The zero-order valence-corrected chi connectivity index (χ0v) is 34.7. The highest BCUT2D eigenvalue weighted by molar-refractivity contribution is 5.96. The van der Waals surface area contributed by atoms with Crippen molar-refractivity contribution in [3.8, 4) is 67.2 Å². The molecule has 0 saturated heterocycles. The standard InChI is InChI=1S/C59H43N3/c1-59(2)52-32-11-9-30-50(52)56-53(59)33-17-35-55(56)62(48-28-15-25-45(38-48)40-18-5-3-6-19-40)49-29-16-26-46(39-49)43-23-13-22-42(36-43)44-24-14-27-47(37-44)58-60-54-34-12-10-31-51(54)57(61-58)41-20-7-4-8-21-41/h3-39H,1-2H3. The van der Waals surface area contributed by atoms with E-state index in [0.29, 0.717) is 5.82 Å². The molecule has 1 heterocycles. The van der Waals surface area contributed by atoms with E-state index in [1.165, 1.54) is 39.1 Å². The van der Waals surface area contributed by atoms with Crippen LogP contribution in [0.1, 0.15) is 25.0 Å². The van der Waals surface area contributed by atoms with Crippen LogP contribution in [-0.2, 0) is 5.41 Å². The lowest BCUT2D eigenvalue weighted by atomic mass is 9.82. The van der Waals surface area contributed by atoms with Gasteiger partial charge in [0.05, 0.1) is 16.9 Å². The first-order valence-electron chi connectivity index (χ1n) is 21.3. The van der Waals surface area contributed by atoms with Crippen molar-refractivity contribution in [1.82, 2.24) is 9.97 Å². The van der Waals surface area contributed by atoms with Crippen molar-refractivity contribution < 1.29 is 0 Å². The predicted molar refractivity (Wildman–Crippen MR) is 259 cm³/mol. The van der Waals surface area contributed by atoms with Crippen LogP contribution < -0.4 is 4.90 Å². The van der Waals surface area contributed by atoms with E-state index in [9.17, 15) is 0 Å². The minimum absolute atomic E-state index is 0.121. The van der Waals surface area contributed by atoms with Crippen LogP contribution in [0.5, 0.6) is 0 Å². The number of fused-ring (bicyclic) bond motifs is 4. The molecule has 0 aliphatic heterocycles. The van der Waals surface area contributed by atoms with Crippen molar-refractivity contribution in [3.05, 3.63) is 236 Å². The lowest BCUT2D eigenvalue weighted by Crippen LogP contribution is -2.16. The molecule has 0 unspecified atom stereocenters. The summed E-state index contributed by atoms with van der Waals surface area (Å²) in [6.07, 6.45) is 0. The highest BCUT2D eigenvalue weighted by Crippen LogP contribution is 2.54. The lowest BCUT2D eigenvalue weighted by Gasteiger charge is -2.29. The lowest BCUT2D eigenvalue weighted by molar-refractivity contribution is 0.660. The molecule has 0 amide bonds. The summed E-state index contributed by atoms with van der Waals surface area (Å²) in [5.41, 5.74) is 19.4. The summed E-state index contributed by atoms with van der Waals surface area (Å²) in [6, 6.07) is 80.4. The van der Waals surface area contributed by atoms with Gasteiger partial charge in [0, 0.05) is 38.9 Å². The number of para-hydroxylation sites is 1. The van der Waals surface area contributed by atoms with E-state index < -0.39 is 0 Å². The van der Waals surface area contributed by atoms with Gasteiger partial charge >= 0.3 is 0 Å². The average Bonchev–Trinajstić information content (AvgIpc) is 3.58. The maximum absolute atomic E-state index is 5.17. The van der Waals surface area contributed by atoms with Crippen molar-refractivity contribution in [2.75, 3.05) is 4.90 Å². The van der Waals surface area contributed by atoms with E-state index in [-0.39, 0.29) is 5.41 Å². The smallest absolute Gasteiger partial charge is 0.160 e. The van der Waals surface area contributed by atoms with E-state index in [0.717, 1.165) is 61.4 Å². The summed E-state index contributed by atoms with van der Waals surface area (Å²) in [7, 11) is 0. The van der Waals surface area contributed by atoms with Crippen LogP contribution in [0, 0.1) is 0 Å². The van der Waals surface area contributed by atoms with E-state index in [1.54, 1.807) is 0 Å². The first-order chi connectivity index (χ1) is 30.5. The Labute approximate surface area is 363 Å². The molecule has 3 nitrogen and oxygen atoms in total. The van der Waals surface area contributed by atoms with E-state index in [4.69, 9.17) is 9.97 Å². The van der Waals surface area contributed by atoms with Gasteiger partial charge in [-0.25, -0.2) is 9.97 Å². The molecular formula is C59H43N3. The number of nitrogens with zero attached hydrogens (tertiary/aromatic N) is 3. The van der Waals surface area contributed by atoms with E-state index >= 15 is 0 Å². The van der Waals surface area contributed by atoms with Crippen molar-refractivity contribution in [1.29, 1.82) is 0 Å². The summed E-state index contributed by atoms with van der Waals surface area (Å²) in [4.78, 5) is 12.7. The second kappa shape index (κ2) is 15.3. The second-order valence-corrected chi connectivity index (χ2v) is 16.6.